The summed E-state index contributed by atoms with van der Waals surface area (Å²) < 4.78 is 4.39. The summed E-state index contributed by atoms with van der Waals surface area (Å²) >= 11 is 0. The van der Waals surface area contributed by atoms with E-state index < -0.39 is 43.2 Å². The van der Waals surface area contributed by atoms with E-state index >= 15 is 0 Å². The smallest absolute Gasteiger partial charge is 0.339 e. The Morgan fingerprint density at radius 3 is 2.12 bits per heavy atom. The normalized spacial score (nSPS) is 20.2. The molecule has 102 valence electrons. The Hall–Kier alpha value is -0.810. The molecule has 0 aliphatic rings. The van der Waals surface area contributed by atoms with Crippen LogP contribution in [0.15, 0.2) is 0 Å². The lowest BCUT2D eigenvalue weighted by Crippen LogP contribution is -2.50. The van der Waals surface area contributed by atoms with Gasteiger partial charge < -0.3 is 36.0 Å². The first-order valence-corrected chi connectivity index (χ1v) is 4.84. The molecule has 0 rings (SSSR count). The second kappa shape index (κ2) is 7.50. The highest BCUT2D eigenvalue weighted by Crippen LogP contribution is 2.06. The van der Waals surface area contributed by atoms with Crippen molar-refractivity contribution in [1.82, 2.24) is 0 Å². The monoisotopic (exact) mass is 254 g/mol. The van der Waals surface area contributed by atoms with Crippen LogP contribution in [0.25, 0.3) is 0 Å². The molecule has 0 saturated carbocycles. The summed E-state index contributed by atoms with van der Waals surface area (Å²) in [7, 11) is 0. The van der Waals surface area contributed by atoms with Gasteiger partial charge in [-0.1, -0.05) is 0 Å². The van der Waals surface area contributed by atoms with Crippen molar-refractivity contribution in [2.75, 3.05) is 13.2 Å². The van der Waals surface area contributed by atoms with Gasteiger partial charge in [0.1, 0.15) is 18.3 Å². The molecule has 0 bridgehead atoms. The summed E-state index contributed by atoms with van der Waals surface area (Å²) in [4.78, 5) is 11.1. The maximum Gasteiger partial charge on any atom is 0.339 e. The molecule has 0 heterocycles. The predicted octanol–water partition coefficient (Wildman–Crippen LogP) is -4.79. The molecule has 0 aliphatic carbocycles. The molecule has 0 aromatic rings. The summed E-state index contributed by atoms with van der Waals surface area (Å²) in [5.74, 6) is -1.29. The Bertz CT molecular complexity index is 240. The van der Waals surface area contributed by atoms with Gasteiger partial charge >= 0.3 is 5.97 Å². The number of nitrogens with two attached hydrogens (primary N) is 2. The lowest BCUT2D eigenvalue weighted by molar-refractivity contribution is -0.174. The molecule has 0 fully saturated rings. The van der Waals surface area contributed by atoms with Crippen LogP contribution in [0, 0.1) is 0 Å². The Balaban J connectivity index is 4.38. The minimum absolute atomic E-state index is 0.184. The van der Waals surface area contributed by atoms with Gasteiger partial charge in [0.2, 0.25) is 0 Å². The van der Waals surface area contributed by atoms with Crippen molar-refractivity contribution in [3.8, 4) is 0 Å². The fourth-order valence-electron chi connectivity index (χ4n) is 0.929. The Kier molecular flexibility index (Phi) is 7.15. The molecule has 5 atom stereocenters. The van der Waals surface area contributed by atoms with Gasteiger partial charge in [-0.25, -0.2) is 4.79 Å². The van der Waals surface area contributed by atoms with E-state index in [2.05, 4.69) is 4.74 Å². The third-order valence-electron chi connectivity index (χ3n) is 2.00. The second-order valence-electron chi connectivity index (χ2n) is 3.39. The van der Waals surface area contributed by atoms with Gasteiger partial charge in [-0.3, -0.25) is 5.73 Å². The number of carbonyl (C=O) groups is 1. The van der Waals surface area contributed by atoms with Crippen LogP contribution < -0.4 is 11.5 Å². The van der Waals surface area contributed by atoms with Crippen LogP contribution in [0.5, 0.6) is 0 Å². The molecular formula is C8H18N2O7. The predicted molar refractivity (Wildman–Crippen MR) is 54.2 cm³/mol. The molecule has 9 nitrogen and oxygen atoms in total. The fourth-order valence-corrected chi connectivity index (χ4v) is 0.929. The first-order chi connectivity index (χ1) is 7.84. The number of aliphatic hydroxyl groups excluding tert-OH is 5. The van der Waals surface area contributed by atoms with Crippen molar-refractivity contribution in [2.45, 2.75) is 30.6 Å². The Morgan fingerprint density at radius 2 is 1.71 bits per heavy atom. The third kappa shape index (κ3) is 4.91. The lowest BCUT2D eigenvalue weighted by atomic mass is 10.0. The van der Waals surface area contributed by atoms with E-state index in [0.29, 0.717) is 0 Å². The summed E-state index contributed by atoms with van der Waals surface area (Å²) in [6.07, 6.45) is -8.88. The number of esters is 1. The van der Waals surface area contributed by atoms with Crippen LogP contribution in [0.3, 0.4) is 0 Å². The highest BCUT2D eigenvalue weighted by molar-refractivity contribution is 5.75. The third-order valence-corrected chi connectivity index (χ3v) is 2.00. The van der Waals surface area contributed by atoms with Crippen LogP contribution in [0.2, 0.25) is 0 Å². The summed E-state index contributed by atoms with van der Waals surface area (Å²) in [5, 5.41) is 45.3. The van der Waals surface area contributed by atoms with Crippen LogP contribution >= 0.6 is 0 Å². The SMILES string of the molecule is NCC(N)OC(=O)C(O)C(O)C(O)C(O)CO. The first-order valence-electron chi connectivity index (χ1n) is 4.84. The highest BCUT2D eigenvalue weighted by atomic mass is 16.6. The van der Waals surface area contributed by atoms with Crippen molar-refractivity contribution in [1.29, 1.82) is 0 Å². The number of rotatable bonds is 7. The van der Waals surface area contributed by atoms with Gasteiger partial charge in [0.05, 0.1) is 6.61 Å². The van der Waals surface area contributed by atoms with Crippen molar-refractivity contribution < 1.29 is 35.1 Å². The van der Waals surface area contributed by atoms with Gasteiger partial charge in [0, 0.05) is 6.54 Å². The summed E-state index contributed by atoms with van der Waals surface area (Å²) in [5.41, 5.74) is 10.2. The molecular weight excluding hydrogens is 236 g/mol. The summed E-state index contributed by atoms with van der Waals surface area (Å²) in [6, 6.07) is 0. The van der Waals surface area contributed by atoms with Gasteiger partial charge in [-0.05, 0) is 0 Å². The molecule has 0 aromatic heterocycles. The zero-order valence-electron chi connectivity index (χ0n) is 9.01. The lowest BCUT2D eigenvalue weighted by Gasteiger charge is -2.25. The molecule has 17 heavy (non-hydrogen) atoms. The molecule has 0 amide bonds. The Labute approximate surface area is 97.2 Å². The van der Waals surface area contributed by atoms with Crippen LogP contribution in [-0.2, 0) is 9.53 Å². The number of hydrogen-bond acceptors (Lipinski definition) is 9. The molecule has 9 heteroatoms. The number of aliphatic hydroxyl groups is 5. The van der Waals surface area contributed by atoms with E-state index in [4.69, 9.17) is 21.7 Å². The number of carbonyl (C=O) groups excluding carboxylic acids is 1. The molecule has 0 spiro atoms. The molecule has 0 saturated heterocycles. The Morgan fingerprint density at radius 1 is 1.18 bits per heavy atom. The van der Waals surface area contributed by atoms with Gasteiger partial charge in [-0.2, -0.15) is 0 Å². The topological polar surface area (TPSA) is 179 Å². The first kappa shape index (κ1) is 16.2. The quantitative estimate of drug-likeness (QED) is 0.173. The highest BCUT2D eigenvalue weighted by Gasteiger charge is 2.35. The largest absolute Gasteiger partial charge is 0.443 e. The maximum atomic E-state index is 11.1. The van der Waals surface area contributed by atoms with Crippen LogP contribution in [-0.4, -0.2) is 75.3 Å². The minimum Gasteiger partial charge on any atom is -0.443 e. The average molecular weight is 254 g/mol. The average Bonchev–Trinajstić information content (AvgIpc) is 2.34. The van der Waals surface area contributed by atoms with E-state index in [1.54, 1.807) is 0 Å². The van der Waals surface area contributed by atoms with Gasteiger partial charge in [-0.15, -0.1) is 0 Å². The van der Waals surface area contributed by atoms with E-state index in [0.717, 1.165) is 0 Å². The second-order valence-corrected chi connectivity index (χ2v) is 3.39. The standard InChI is InChI=1S/C8H18N2O7/c9-1-4(10)17-8(16)7(15)6(14)5(13)3(12)2-11/h3-7,11-15H,1-2,9-10H2. The molecule has 9 N–H and O–H groups in total. The van der Waals surface area contributed by atoms with E-state index in [9.17, 15) is 20.1 Å². The molecule has 0 aromatic carbocycles. The van der Waals surface area contributed by atoms with E-state index in [1.165, 1.54) is 0 Å². The van der Waals surface area contributed by atoms with Crippen molar-refractivity contribution in [3.63, 3.8) is 0 Å². The van der Waals surface area contributed by atoms with E-state index in [1.807, 2.05) is 0 Å². The van der Waals surface area contributed by atoms with Gasteiger partial charge in [0.25, 0.3) is 0 Å². The fraction of sp³-hybridized carbons (Fsp3) is 0.875. The molecule has 0 aliphatic heterocycles. The van der Waals surface area contributed by atoms with Crippen molar-refractivity contribution in [3.05, 3.63) is 0 Å². The zero-order chi connectivity index (χ0) is 13.6. The number of ether oxygens (including phenoxy) is 1. The summed E-state index contributed by atoms with van der Waals surface area (Å²) in [6.45, 7) is -1.03. The van der Waals surface area contributed by atoms with Gasteiger partial charge in [0.15, 0.2) is 12.3 Å². The molecule has 0 radical (unpaired) electrons. The van der Waals surface area contributed by atoms with Crippen LogP contribution in [0.1, 0.15) is 0 Å². The maximum absolute atomic E-state index is 11.1. The van der Waals surface area contributed by atoms with Crippen molar-refractivity contribution in [2.24, 2.45) is 11.5 Å². The molecule has 5 unspecified atom stereocenters. The van der Waals surface area contributed by atoms with E-state index in [-0.39, 0.29) is 6.54 Å². The zero-order valence-corrected chi connectivity index (χ0v) is 9.01. The minimum atomic E-state index is -2.11. The van der Waals surface area contributed by atoms with Crippen LogP contribution in [0.4, 0.5) is 0 Å². The van der Waals surface area contributed by atoms with Crippen molar-refractivity contribution >= 4 is 5.97 Å². The number of hydrogen-bond donors (Lipinski definition) is 7.